The Labute approximate surface area is 233 Å². The standard InChI is InChI=1S/C30H34N6O4/c1-31-30(38)28-13-20(8-9-32-28)29-18-33-26-7-6-21(16-27(26)34-29)36(12-11-35-10-4-5-22(35)19-37)23-14-24(39-2)17-25(15-23)40-3/h6-9,13-18,22,37H,4-5,10-12,19H2,1-3H3,(H,31,38). The number of aliphatic hydroxyl groups excluding tert-OH is 1. The van der Waals surface area contributed by atoms with Crippen LogP contribution in [0.15, 0.2) is 60.9 Å². The van der Waals surface area contributed by atoms with Crippen LogP contribution in [0.3, 0.4) is 0 Å². The number of aliphatic hydroxyl groups is 1. The van der Waals surface area contributed by atoms with Crippen molar-refractivity contribution in [3.8, 4) is 22.8 Å². The summed E-state index contributed by atoms with van der Waals surface area (Å²) in [4.78, 5) is 30.3. The Hall–Kier alpha value is -4.28. The number of carbonyl (C=O) groups is 1. The van der Waals surface area contributed by atoms with Gasteiger partial charge in [-0.05, 0) is 49.7 Å². The summed E-state index contributed by atoms with van der Waals surface area (Å²) < 4.78 is 11.1. The van der Waals surface area contributed by atoms with Gasteiger partial charge in [0.15, 0.2) is 0 Å². The van der Waals surface area contributed by atoms with Crippen LogP contribution in [0.2, 0.25) is 0 Å². The molecule has 2 aromatic heterocycles. The molecule has 3 heterocycles. The lowest BCUT2D eigenvalue weighted by Gasteiger charge is -2.30. The number of aromatic nitrogens is 3. The highest BCUT2D eigenvalue weighted by atomic mass is 16.5. The molecule has 1 aliphatic heterocycles. The highest BCUT2D eigenvalue weighted by molar-refractivity contribution is 5.93. The first-order chi connectivity index (χ1) is 19.5. The number of carbonyl (C=O) groups excluding carboxylic acids is 1. The highest BCUT2D eigenvalue weighted by Gasteiger charge is 2.24. The SMILES string of the molecule is CNC(=O)c1cc(-c2cnc3ccc(N(CCN4CCCC4CO)c4cc(OC)cc(OC)c4)cc3n2)ccn1. The molecule has 0 radical (unpaired) electrons. The first kappa shape index (κ1) is 27.3. The smallest absolute Gasteiger partial charge is 0.269 e. The van der Waals surface area contributed by atoms with Crippen LogP contribution in [0.25, 0.3) is 22.3 Å². The van der Waals surface area contributed by atoms with Crippen molar-refractivity contribution in [2.75, 3.05) is 52.4 Å². The summed E-state index contributed by atoms with van der Waals surface area (Å²) in [6.45, 7) is 2.61. The summed E-state index contributed by atoms with van der Waals surface area (Å²) in [5.41, 5.74) is 5.07. The number of anilines is 2. The molecule has 208 valence electrons. The maximum Gasteiger partial charge on any atom is 0.269 e. The number of nitrogens with one attached hydrogen (secondary N) is 1. The molecule has 1 saturated heterocycles. The van der Waals surface area contributed by atoms with Crippen molar-refractivity contribution >= 4 is 28.3 Å². The molecule has 4 aromatic rings. The number of pyridine rings is 1. The predicted molar refractivity (Wildman–Crippen MR) is 154 cm³/mol. The topological polar surface area (TPSA) is 113 Å². The minimum absolute atomic E-state index is 0.165. The monoisotopic (exact) mass is 542 g/mol. The van der Waals surface area contributed by atoms with Crippen LogP contribution in [0.5, 0.6) is 11.5 Å². The number of amides is 1. The van der Waals surface area contributed by atoms with Crippen LogP contribution in [0.1, 0.15) is 23.3 Å². The Balaban J connectivity index is 1.53. The molecular formula is C30H34N6O4. The number of hydrogen-bond donors (Lipinski definition) is 2. The van der Waals surface area contributed by atoms with Gasteiger partial charge in [-0.3, -0.25) is 19.7 Å². The second-order valence-corrected chi connectivity index (χ2v) is 9.67. The van der Waals surface area contributed by atoms with Gasteiger partial charge in [-0.15, -0.1) is 0 Å². The van der Waals surface area contributed by atoms with Crippen LogP contribution in [0.4, 0.5) is 11.4 Å². The van der Waals surface area contributed by atoms with E-state index in [9.17, 15) is 9.90 Å². The lowest BCUT2D eigenvalue weighted by molar-refractivity contribution is 0.0958. The Morgan fingerprint density at radius 1 is 1.05 bits per heavy atom. The van der Waals surface area contributed by atoms with Gasteiger partial charge in [0, 0.05) is 67.5 Å². The molecule has 0 spiro atoms. The van der Waals surface area contributed by atoms with Crippen LogP contribution >= 0.6 is 0 Å². The van der Waals surface area contributed by atoms with Gasteiger partial charge < -0.3 is 24.8 Å². The molecule has 1 fully saturated rings. The number of rotatable bonds is 10. The summed E-state index contributed by atoms with van der Waals surface area (Å²) in [6.07, 6.45) is 5.40. The third-order valence-corrected chi connectivity index (χ3v) is 7.32. The fourth-order valence-electron chi connectivity index (χ4n) is 5.13. The maximum absolute atomic E-state index is 12.1. The van der Waals surface area contributed by atoms with Crippen LogP contribution < -0.4 is 19.7 Å². The second kappa shape index (κ2) is 12.3. The molecule has 40 heavy (non-hydrogen) atoms. The number of methoxy groups -OCH3 is 2. The summed E-state index contributed by atoms with van der Waals surface area (Å²) in [5.74, 6) is 1.13. The van der Waals surface area contributed by atoms with E-state index in [0.717, 1.165) is 53.9 Å². The van der Waals surface area contributed by atoms with Gasteiger partial charge in [0.2, 0.25) is 0 Å². The van der Waals surface area contributed by atoms with E-state index < -0.39 is 0 Å². The molecule has 1 aliphatic rings. The molecule has 0 bridgehead atoms. The van der Waals surface area contributed by atoms with E-state index in [1.54, 1.807) is 39.7 Å². The molecule has 10 heteroatoms. The normalized spacial score (nSPS) is 15.2. The first-order valence-electron chi connectivity index (χ1n) is 13.3. The highest BCUT2D eigenvalue weighted by Crippen LogP contribution is 2.34. The first-order valence-corrected chi connectivity index (χ1v) is 13.3. The van der Waals surface area contributed by atoms with Gasteiger partial charge in [-0.1, -0.05) is 0 Å². The fourth-order valence-corrected chi connectivity index (χ4v) is 5.13. The molecule has 1 unspecified atom stereocenters. The third-order valence-electron chi connectivity index (χ3n) is 7.32. The van der Waals surface area contributed by atoms with E-state index in [2.05, 4.69) is 25.1 Å². The average molecular weight is 543 g/mol. The van der Waals surface area contributed by atoms with Gasteiger partial charge in [0.05, 0.1) is 43.8 Å². The molecule has 0 saturated carbocycles. The van der Waals surface area contributed by atoms with E-state index in [-0.39, 0.29) is 18.6 Å². The summed E-state index contributed by atoms with van der Waals surface area (Å²) in [5, 5.41) is 12.4. The van der Waals surface area contributed by atoms with E-state index in [0.29, 0.717) is 29.4 Å². The van der Waals surface area contributed by atoms with Crippen molar-refractivity contribution in [3.63, 3.8) is 0 Å². The van der Waals surface area contributed by atoms with Crippen molar-refractivity contribution in [2.24, 2.45) is 0 Å². The zero-order valence-corrected chi connectivity index (χ0v) is 23.0. The quantitative estimate of drug-likeness (QED) is 0.310. The van der Waals surface area contributed by atoms with Gasteiger partial charge in [-0.25, -0.2) is 4.98 Å². The molecule has 1 amide bonds. The number of ether oxygens (including phenoxy) is 2. The van der Waals surface area contributed by atoms with E-state index >= 15 is 0 Å². The Morgan fingerprint density at radius 3 is 2.58 bits per heavy atom. The van der Waals surface area contributed by atoms with Crippen LogP contribution in [-0.4, -0.2) is 84.4 Å². The lowest BCUT2D eigenvalue weighted by atomic mass is 10.1. The number of fused-ring (bicyclic) bond motifs is 1. The average Bonchev–Trinajstić information content (AvgIpc) is 3.47. The third kappa shape index (κ3) is 5.83. The zero-order chi connectivity index (χ0) is 28.1. The Bertz CT molecular complexity index is 1470. The Morgan fingerprint density at radius 2 is 1.85 bits per heavy atom. The van der Waals surface area contributed by atoms with Crippen molar-refractivity contribution in [2.45, 2.75) is 18.9 Å². The fraction of sp³-hybridized carbons (Fsp3) is 0.333. The molecule has 2 N–H and O–H groups in total. The summed E-state index contributed by atoms with van der Waals surface area (Å²) >= 11 is 0. The number of nitrogens with zero attached hydrogens (tertiary/aromatic N) is 5. The molecular weight excluding hydrogens is 508 g/mol. The van der Waals surface area contributed by atoms with E-state index in [1.165, 1.54) is 0 Å². The minimum Gasteiger partial charge on any atom is -0.497 e. The molecule has 0 aliphatic carbocycles. The van der Waals surface area contributed by atoms with Gasteiger partial charge >= 0.3 is 0 Å². The second-order valence-electron chi connectivity index (χ2n) is 9.67. The summed E-state index contributed by atoms with van der Waals surface area (Å²) in [6, 6.07) is 15.5. The molecule has 5 rings (SSSR count). The zero-order valence-electron chi connectivity index (χ0n) is 23.0. The van der Waals surface area contributed by atoms with Gasteiger partial charge in [0.1, 0.15) is 17.2 Å². The van der Waals surface area contributed by atoms with Crippen molar-refractivity contribution in [1.29, 1.82) is 0 Å². The van der Waals surface area contributed by atoms with Crippen LogP contribution in [-0.2, 0) is 0 Å². The lowest BCUT2D eigenvalue weighted by Crippen LogP contribution is -2.38. The Kier molecular flexibility index (Phi) is 8.37. The largest absolute Gasteiger partial charge is 0.497 e. The predicted octanol–water partition coefficient (Wildman–Crippen LogP) is 3.66. The number of hydrogen-bond acceptors (Lipinski definition) is 9. The molecule has 2 aromatic carbocycles. The van der Waals surface area contributed by atoms with Crippen molar-refractivity contribution in [1.82, 2.24) is 25.2 Å². The van der Waals surface area contributed by atoms with Gasteiger partial charge in [-0.2, -0.15) is 0 Å². The minimum atomic E-state index is -0.260. The maximum atomic E-state index is 12.1. The molecule has 10 nitrogen and oxygen atoms in total. The van der Waals surface area contributed by atoms with E-state index in [1.807, 2.05) is 42.5 Å². The van der Waals surface area contributed by atoms with E-state index in [4.69, 9.17) is 14.5 Å². The van der Waals surface area contributed by atoms with Gasteiger partial charge in [0.25, 0.3) is 5.91 Å². The molecule has 1 atom stereocenters. The number of likely N-dealkylation sites (tertiary alicyclic amines) is 1. The number of benzene rings is 2. The van der Waals surface area contributed by atoms with Crippen molar-refractivity contribution < 1.29 is 19.4 Å². The van der Waals surface area contributed by atoms with Crippen LogP contribution in [0, 0.1) is 0 Å². The summed E-state index contributed by atoms with van der Waals surface area (Å²) in [7, 11) is 4.85. The van der Waals surface area contributed by atoms with Crippen molar-refractivity contribution in [3.05, 3.63) is 66.6 Å².